The Morgan fingerprint density at radius 3 is 1.72 bits per heavy atom. The van der Waals surface area contributed by atoms with Crippen LogP contribution < -0.4 is 0 Å². The molecule has 0 amide bonds. The smallest absolute Gasteiger partial charge is 0.0783 e. The molecule has 0 saturated carbocycles. The van der Waals surface area contributed by atoms with E-state index in [9.17, 15) is 0 Å². The number of piperidine rings is 2. The highest BCUT2D eigenvalue weighted by molar-refractivity contribution is 8.12. The molecule has 18 heavy (non-hydrogen) atoms. The van der Waals surface area contributed by atoms with Gasteiger partial charge in [-0.3, -0.25) is 9.34 Å². The van der Waals surface area contributed by atoms with Gasteiger partial charge in [0.15, 0.2) is 0 Å². The summed E-state index contributed by atoms with van der Waals surface area (Å²) in [4.78, 5) is 0. The maximum atomic E-state index is 6.26. The zero-order chi connectivity index (χ0) is 12.8. The first-order valence-corrected chi connectivity index (χ1v) is 11.6. The predicted molar refractivity (Wildman–Crippen MR) is 88.4 cm³/mol. The SMILES string of the molecule is CSCCP(=S)(N1CCCCC1)N1CCCCC1. The van der Waals surface area contributed by atoms with Crippen LogP contribution in [0.2, 0.25) is 0 Å². The maximum Gasteiger partial charge on any atom is 0.0783 e. The second-order valence-electron chi connectivity index (χ2n) is 5.41. The highest BCUT2D eigenvalue weighted by atomic mass is 32.4. The molecule has 0 unspecified atom stereocenters. The lowest BCUT2D eigenvalue weighted by molar-refractivity contribution is 0.309. The minimum atomic E-state index is -1.41. The predicted octanol–water partition coefficient (Wildman–Crippen LogP) is 3.63. The summed E-state index contributed by atoms with van der Waals surface area (Å²) in [5, 5.41) is 0. The van der Waals surface area contributed by atoms with Crippen molar-refractivity contribution in [1.82, 2.24) is 9.34 Å². The van der Waals surface area contributed by atoms with E-state index in [1.807, 2.05) is 11.8 Å². The summed E-state index contributed by atoms with van der Waals surface area (Å²) < 4.78 is 5.43. The van der Waals surface area contributed by atoms with Crippen LogP contribution in [0.25, 0.3) is 0 Å². The van der Waals surface area contributed by atoms with Crippen LogP contribution >= 0.6 is 18.1 Å². The summed E-state index contributed by atoms with van der Waals surface area (Å²) in [6, 6.07) is 0. The normalized spacial score (nSPS) is 24.3. The van der Waals surface area contributed by atoms with E-state index in [4.69, 9.17) is 11.8 Å². The van der Waals surface area contributed by atoms with E-state index in [1.165, 1.54) is 76.6 Å². The summed E-state index contributed by atoms with van der Waals surface area (Å²) in [7, 11) is 0. The van der Waals surface area contributed by atoms with Crippen LogP contribution in [0.3, 0.4) is 0 Å². The molecule has 0 spiro atoms. The summed E-state index contributed by atoms with van der Waals surface area (Å²) in [6.07, 6.45) is 10.3. The molecule has 0 radical (unpaired) electrons. The molecule has 2 rings (SSSR count). The van der Waals surface area contributed by atoms with Gasteiger partial charge >= 0.3 is 0 Å². The molecule has 0 aromatic carbocycles. The minimum Gasteiger partial charge on any atom is -0.264 e. The average Bonchev–Trinajstić information content (AvgIpc) is 2.46. The van der Waals surface area contributed by atoms with Crippen LogP contribution in [0, 0.1) is 0 Å². The summed E-state index contributed by atoms with van der Waals surface area (Å²) >= 11 is 8.22. The summed E-state index contributed by atoms with van der Waals surface area (Å²) in [5.41, 5.74) is 0. The van der Waals surface area contributed by atoms with Gasteiger partial charge in [0.2, 0.25) is 0 Å². The molecule has 0 bridgehead atoms. The van der Waals surface area contributed by atoms with Crippen LogP contribution in [0.4, 0.5) is 0 Å². The van der Waals surface area contributed by atoms with Gasteiger partial charge in [-0.15, -0.1) is 0 Å². The second kappa shape index (κ2) is 7.64. The van der Waals surface area contributed by atoms with Crippen molar-refractivity contribution >= 4 is 29.9 Å². The van der Waals surface area contributed by atoms with Crippen LogP contribution in [0.5, 0.6) is 0 Å². The first kappa shape index (κ1) is 15.3. The van der Waals surface area contributed by atoms with Gasteiger partial charge in [-0.05, 0) is 31.9 Å². The number of rotatable bonds is 5. The first-order valence-electron chi connectivity index (χ1n) is 7.36. The van der Waals surface area contributed by atoms with E-state index < -0.39 is 6.34 Å². The molecule has 2 aliphatic rings. The van der Waals surface area contributed by atoms with Crippen LogP contribution in [0.15, 0.2) is 0 Å². The van der Waals surface area contributed by atoms with Gasteiger partial charge in [-0.2, -0.15) is 11.8 Å². The van der Waals surface area contributed by atoms with Crippen LogP contribution in [-0.4, -0.2) is 53.7 Å². The van der Waals surface area contributed by atoms with E-state index in [1.54, 1.807) is 0 Å². The lowest BCUT2D eigenvalue weighted by Gasteiger charge is -2.46. The molecule has 0 aromatic rings. The molecule has 2 heterocycles. The van der Waals surface area contributed by atoms with Crippen molar-refractivity contribution in [2.24, 2.45) is 0 Å². The number of thioether (sulfide) groups is 1. The molecule has 2 aliphatic heterocycles. The van der Waals surface area contributed by atoms with Gasteiger partial charge in [0.25, 0.3) is 0 Å². The zero-order valence-electron chi connectivity index (χ0n) is 11.6. The summed E-state index contributed by atoms with van der Waals surface area (Å²) in [6.45, 7) is 5.06. The lowest BCUT2D eigenvalue weighted by Crippen LogP contribution is -2.39. The third-order valence-electron chi connectivity index (χ3n) is 4.14. The minimum absolute atomic E-state index is 1.24. The second-order valence-corrected chi connectivity index (χ2v) is 11.1. The molecule has 0 aliphatic carbocycles. The Bertz CT molecular complexity index is 265. The molecule has 0 aromatic heterocycles. The molecule has 106 valence electrons. The Balaban J connectivity index is 2.07. The van der Waals surface area contributed by atoms with Crippen molar-refractivity contribution in [2.75, 3.05) is 44.3 Å². The summed E-state index contributed by atoms with van der Waals surface area (Å²) in [5.74, 6) is 1.24. The largest absolute Gasteiger partial charge is 0.264 e. The molecule has 0 atom stereocenters. The Morgan fingerprint density at radius 2 is 1.33 bits per heavy atom. The highest BCUT2D eigenvalue weighted by Crippen LogP contribution is 2.55. The average molecular weight is 306 g/mol. The molecular formula is C13H27N2PS2. The Kier molecular flexibility index (Phi) is 6.50. The molecule has 2 fully saturated rings. The van der Waals surface area contributed by atoms with Crippen LogP contribution in [0.1, 0.15) is 38.5 Å². The fourth-order valence-corrected chi connectivity index (χ4v) is 9.12. The lowest BCUT2D eigenvalue weighted by atomic mass is 10.2. The van der Waals surface area contributed by atoms with E-state index in [2.05, 4.69) is 15.6 Å². The van der Waals surface area contributed by atoms with Crippen molar-refractivity contribution in [3.63, 3.8) is 0 Å². The quantitative estimate of drug-likeness (QED) is 0.715. The Labute approximate surface area is 122 Å². The molecule has 0 N–H and O–H groups in total. The van der Waals surface area contributed by atoms with Gasteiger partial charge < -0.3 is 0 Å². The van der Waals surface area contributed by atoms with Gasteiger partial charge in [0.1, 0.15) is 0 Å². The van der Waals surface area contributed by atoms with Crippen molar-refractivity contribution < 1.29 is 0 Å². The number of hydrogen-bond donors (Lipinski definition) is 0. The standard InChI is InChI=1S/C13H27N2PS2/c1-18-13-12-16(17,14-8-4-2-5-9-14)15-10-6-3-7-11-15/h2-13H2,1H3. The van der Waals surface area contributed by atoms with Gasteiger partial charge in [0, 0.05) is 38.1 Å². The van der Waals surface area contributed by atoms with E-state index in [-0.39, 0.29) is 0 Å². The third kappa shape index (κ3) is 3.73. The van der Waals surface area contributed by atoms with E-state index in [0.717, 1.165) is 0 Å². The van der Waals surface area contributed by atoms with Crippen molar-refractivity contribution in [1.29, 1.82) is 0 Å². The Hall–Kier alpha value is 0.920. The number of nitrogens with zero attached hydrogens (tertiary/aromatic N) is 2. The van der Waals surface area contributed by atoms with Gasteiger partial charge in [-0.25, -0.2) is 0 Å². The molecule has 2 nitrogen and oxygen atoms in total. The van der Waals surface area contributed by atoms with Crippen LogP contribution in [-0.2, 0) is 11.8 Å². The highest BCUT2D eigenvalue weighted by Gasteiger charge is 2.33. The fourth-order valence-electron chi connectivity index (χ4n) is 3.05. The molecular weight excluding hydrogens is 279 g/mol. The fraction of sp³-hybridized carbons (Fsp3) is 1.00. The van der Waals surface area contributed by atoms with Gasteiger partial charge in [-0.1, -0.05) is 24.6 Å². The first-order chi connectivity index (χ1) is 8.77. The van der Waals surface area contributed by atoms with Crippen molar-refractivity contribution in [3.8, 4) is 0 Å². The monoisotopic (exact) mass is 306 g/mol. The van der Waals surface area contributed by atoms with Crippen molar-refractivity contribution in [2.45, 2.75) is 38.5 Å². The van der Waals surface area contributed by atoms with E-state index in [0.29, 0.717) is 0 Å². The maximum absolute atomic E-state index is 6.26. The Morgan fingerprint density at radius 1 is 0.889 bits per heavy atom. The number of hydrogen-bond acceptors (Lipinski definition) is 2. The zero-order valence-corrected chi connectivity index (χ0v) is 14.2. The van der Waals surface area contributed by atoms with Gasteiger partial charge in [0.05, 0.1) is 6.34 Å². The topological polar surface area (TPSA) is 6.48 Å². The third-order valence-corrected chi connectivity index (χ3v) is 10.4. The van der Waals surface area contributed by atoms with E-state index >= 15 is 0 Å². The van der Waals surface area contributed by atoms with Crippen molar-refractivity contribution in [3.05, 3.63) is 0 Å². The molecule has 2 saturated heterocycles. The molecule has 5 heteroatoms.